The van der Waals surface area contributed by atoms with E-state index in [0.29, 0.717) is 39.6 Å². The molecule has 0 atom stereocenters. The molecule has 2 aromatic carbocycles. The van der Waals surface area contributed by atoms with Gasteiger partial charge in [0.05, 0.1) is 25.3 Å². The van der Waals surface area contributed by atoms with Gasteiger partial charge >= 0.3 is 0 Å². The van der Waals surface area contributed by atoms with E-state index in [1.54, 1.807) is 38.5 Å². The molecule has 1 N–H and O–H groups in total. The van der Waals surface area contributed by atoms with Crippen molar-refractivity contribution < 1.29 is 19.0 Å². The van der Waals surface area contributed by atoms with Crippen LogP contribution in [-0.2, 0) is 0 Å². The maximum atomic E-state index is 12.5. The predicted octanol–water partition coefficient (Wildman–Crippen LogP) is 4.51. The van der Waals surface area contributed by atoms with Crippen molar-refractivity contribution in [2.45, 2.75) is 13.3 Å². The Bertz CT molecular complexity index is 718. The van der Waals surface area contributed by atoms with Gasteiger partial charge in [-0.25, -0.2) is 0 Å². The number of anilines is 1. The van der Waals surface area contributed by atoms with Gasteiger partial charge in [-0.15, -0.1) is 0 Å². The molecular formula is C18H20BrNO4. The molecule has 0 saturated carbocycles. The molecule has 0 radical (unpaired) electrons. The number of carbonyl (C=O) groups excluding carboxylic acids is 1. The summed E-state index contributed by atoms with van der Waals surface area (Å²) in [5, 5.41) is 2.84. The number of ether oxygens (including phenoxy) is 3. The minimum absolute atomic E-state index is 0.246. The van der Waals surface area contributed by atoms with E-state index in [9.17, 15) is 4.79 Å². The smallest absolute Gasteiger partial charge is 0.255 e. The average Bonchev–Trinajstić information content (AvgIpc) is 2.60. The van der Waals surface area contributed by atoms with Gasteiger partial charge in [0.15, 0.2) is 11.5 Å². The Kier molecular flexibility index (Phi) is 6.49. The summed E-state index contributed by atoms with van der Waals surface area (Å²) >= 11 is 3.44. The Hall–Kier alpha value is -2.21. The van der Waals surface area contributed by atoms with Crippen LogP contribution in [0.5, 0.6) is 17.2 Å². The fourth-order valence-corrected chi connectivity index (χ4v) is 2.66. The summed E-state index contributed by atoms with van der Waals surface area (Å²) in [5.74, 6) is 1.53. The summed E-state index contributed by atoms with van der Waals surface area (Å²) in [7, 11) is 3.13. The molecule has 0 aliphatic carbocycles. The Morgan fingerprint density at radius 3 is 2.62 bits per heavy atom. The first kappa shape index (κ1) is 18.1. The summed E-state index contributed by atoms with van der Waals surface area (Å²) in [6, 6.07) is 10.5. The summed E-state index contributed by atoms with van der Waals surface area (Å²) in [6.07, 6.45) is 0.883. The van der Waals surface area contributed by atoms with Gasteiger partial charge in [-0.1, -0.05) is 13.0 Å². The Balaban J connectivity index is 2.24. The molecule has 0 spiro atoms. The summed E-state index contributed by atoms with van der Waals surface area (Å²) < 4.78 is 16.8. The van der Waals surface area contributed by atoms with Crippen molar-refractivity contribution in [2.24, 2.45) is 0 Å². The molecular weight excluding hydrogens is 374 g/mol. The molecule has 0 aliphatic heterocycles. The van der Waals surface area contributed by atoms with E-state index >= 15 is 0 Å². The highest BCUT2D eigenvalue weighted by Gasteiger charge is 2.16. The first-order valence-corrected chi connectivity index (χ1v) is 8.34. The standard InChI is InChI=1S/C18H20BrNO4/c1-4-8-24-17-15(19)9-12(10-16(17)23-3)18(21)20-13-6-5-7-14(11-13)22-2/h5-7,9-11H,4,8H2,1-3H3,(H,20,21). The monoisotopic (exact) mass is 393 g/mol. The van der Waals surface area contributed by atoms with Gasteiger partial charge in [-0.2, -0.15) is 0 Å². The van der Waals surface area contributed by atoms with Crippen molar-refractivity contribution in [3.8, 4) is 17.2 Å². The molecule has 2 aromatic rings. The van der Waals surface area contributed by atoms with Crippen LogP contribution in [-0.4, -0.2) is 26.7 Å². The molecule has 0 unspecified atom stereocenters. The molecule has 6 heteroatoms. The van der Waals surface area contributed by atoms with Crippen LogP contribution in [0.25, 0.3) is 0 Å². The van der Waals surface area contributed by atoms with Crippen LogP contribution in [0, 0.1) is 0 Å². The number of hydrogen-bond donors (Lipinski definition) is 1. The molecule has 0 aliphatic rings. The third-order valence-corrected chi connectivity index (χ3v) is 3.86. The second-order valence-electron chi connectivity index (χ2n) is 5.02. The van der Waals surface area contributed by atoms with Crippen molar-refractivity contribution >= 4 is 27.5 Å². The molecule has 24 heavy (non-hydrogen) atoms. The third kappa shape index (κ3) is 4.41. The van der Waals surface area contributed by atoms with E-state index in [1.807, 2.05) is 19.1 Å². The quantitative estimate of drug-likeness (QED) is 0.751. The largest absolute Gasteiger partial charge is 0.497 e. The maximum absolute atomic E-state index is 12.5. The number of carbonyl (C=O) groups is 1. The zero-order valence-corrected chi connectivity index (χ0v) is 15.5. The first-order valence-electron chi connectivity index (χ1n) is 7.54. The van der Waals surface area contributed by atoms with Gasteiger partial charge in [0, 0.05) is 17.3 Å². The third-order valence-electron chi connectivity index (χ3n) is 3.27. The number of benzene rings is 2. The van der Waals surface area contributed by atoms with Crippen LogP contribution < -0.4 is 19.5 Å². The van der Waals surface area contributed by atoms with Crippen LogP contribution in [0.1, 0.15) is 23.7 Å². The lowest BCUT2D eigenvalue weighted by molar-refractivity contribution is 0.102. The van der Waals surface area contributed by atoms with E-state index in [2.05, 4.69) is 21.2 Å². The zero-order chi connectivity index (χ0) is 17.5. The molecule has 2 rings (SSSR count). The molecule has 1 amide bonds. The van der Waals surface area contributed by atoms with Crippen molar-refractivity contribution in [1.29, 1.82) is 0 Å². The normalized spacial score (nSPS) is 10.2. The second-order valence-corrected chi connectivity index (χ2v) is 5.88. The lowest BCUT2D eigenvalue weighted by Gasteiger charge is -2.14. The Labute approximate surface area is 150 Å². The lowest BCUT2D eigenvalue weighted by atomic mass is 10.1. The van der Waals surface area contributed by atoms with E-state index in [1.165, 1.54) is 0 Å². The topological polar surface area (TPSA) is 56.8 Å². The predicted molar refractivity (Wildman–Crippen MR) is 97.4 cm³/mol. The summed E-state index contributed by atoms with van der Waals surface area (Å²) in [6.45, 7) is 2.60. The minimum Gasteiger partial charge on any atom is -0.497 e. The van der Waals surface area contributed by atoms with Crippen molar-refractivity contribution in [3.63, 3.8) is 0 Å². The molecule has 0 bridgehead atoms. The molecule has 0 saturated heterocycles. The lowest BCUT2D eigenvalue weighted by Crippen LogP contribution is -2.12. The molecule has 0 fully saturated rings. The SMILES string of the molecule is CCCOc1c(Br)cc(C(=O)Nc2cccc(OC)c2)cc1OC. The van der Waals surface area contributed by atoms with Crippen LogP contribution in [0.3, 0.4) is 0 Å². The van der Waals surface area contributed by atoms with E-state index in [4.69, 9.17) is 14.2 Å². The molecule has 5 nitrogen and oxygen atoms in total. The van der Waals surface area contributed by atoms with Crippen LogP contribution >= 0.6 is 15.9 Å². The van der Waals surface area contributed by atoms with Gasteiger partial charge in [0.25, 0.3) is 5.91 Å². The molecule has 0 heterocycles. The average molecular weight is 394 g/mol. The number of amides is 1. The highest BCUT2D eigenvalue weighted by molar-refractivity contribution is 9.10. The fourth-order valence-electron chi connectivity index (χ4n) is 2.10. The molecule has 128 valence electrons. The second kappa shape index (κ2) is 8.59. The van der Waals surface area contributed by atoms with Gasteiger partial charge in [0.2, 0.25) is 0 Å². The fraction of sp³-hybridized carbons (Fsp3) is 0.278. The number of nitrogens with one attached hydrogen (secondary N) is 1. The van der Waals surface area contributed by atoms with E-state index < -0.39 is 0 Å². The van der Waals surface area contributed by atoms with Crippen LogP contribution in [0.2, 0.25) is 0 Å². The van der Waals surface area contributed by atoms with Gasteiger partial charge < -0.3 is 19.5 Å². The van der Waals surface area contributed by atoms with E-state index in [-0.39, 0.29) is 5.91 Å². The number of hydrogen-bond acceptors (Lipinski definition) is 4. The maximum Gasteiger partial charge on any atom is 0.255 e. The number of halogens is 1. The Morgan fingerprint density at radius 2 is 1.96 bits per heavy atom. The zero-order valence-electron chi connectivity index (χ0n) is 13.9. The minimum atomic E-state index is -0.246. The highest BCUT2D eigenvalue weighted by Crippen LogP contribution is 2.37. The Morgan fingerprint density at radius 1 is 1.17 bits per heavy atom. The summed E-state index contributed by atoms with van der Waals surface area (Å²) in [4.78, 5) is 12.5. The number of rotatable bonds is 7. The van der Waals surface area contributed by atoms with Gasteiger partial charge in [0.1, 0.15) is 5.75 Å². The van der Waals surface area contributed by atoms with Gasteiger partial charge in [-0.05, 0) is 46.6 Å². The summed E-state index contributed by atoms with van der Waals surface area (Å²) in [5.41, 5.74) is 1.12. The van der Waals surface area contributed by atoms with Crippen LogP contribution in [0.4, 0.5) is 5.69 Å². The van der Waals surface area contributed by atoms with Gasteiger partial charge in [-0.3, -0.25) is 4.79 Å². The first-order chi connectivity index (χ1) is 11.6. The van der Waals surface area contributed by atoms with Crippen molar-refractivity contribution in [1.82, 2.24) is 0 Å². The highest BCUT2D eigenvalue weighted by atomic mass is 79.9. The van der Waals surface area contributed by atoms with E-state index in [0.717, 1.165) is 6.42 Å². The molecule has 0 aromatic heterocycles. The van der Waals surface area contributed by atoms with Crippen LogP contribution in [0.15, 0.2) is 40.9 Å². The van der Waals surface area contributed by atoms with Crippen molar-refractivity contribution in [2.75, 3.05) is 26.1 Å². The number of methoxy groups -OCH3 is 2. The van der Waals surface area contributed by atoms with Crippen molar-refractivity contribution in [3.05, 3.63) is 46.4 Å².